The second-order valence-electron chi connectivity index (χ2n) is 5.62. The van der Waals surface area contributed by atoms with Crippen molar-refractivity contribution in [1.82, 2.24) is 9.80 Å². The first kappa shape index (κ1) is 13.2. The largest absolute Gasteiger partial charge is 0.487 e. The van der Waals surface area contributed by atoms with Crippen LogP contribution < -0.4 is 4.74 Å². The van der Waals surface area contributed by atoms with Crippen LogP contribution in [-0.4, -0.2) is 55.2 Å². The standard InChI is InChI=1S/C15H21ClN2O/c1-17-11-15(14(17)10-18-8-2-3-9-18)19-13-6-4-12(16)5-7-13/h4-7,14-15H,2-3,8-11H2,1H3/t14-,15-/m1/s1. The van der Waals surface area contributed by atoms with Gasteiger partial charge in [0, 0.05) is 18.1 Å². The van der Waals surface area contributed by atoms with Gasteiger partial charge in [0.25, 0.3) is 0 Å². The maximum absolute atomic E-state index is 6.07. The van der Waals surface area contributed by atoms with Crippen LogP contribution in [0.15, 0.2) is 24.3 Å². The Labute approximate surface area is 120 Å². The summed E-state index contributed by atoms with van der Waals surface area (Å²) in [6.07, 6.45) is 3.00. The molecule has 2 aliphatic heterocycles. The first-order valence-corrected chi connectivity index (χ1v) is 7.45. The van der Waals surface area contributed by atoms with E-state index in [1.807, 2.05) is 24.3 Å². The molecular formula is C15H21ClN2O. The second kappa shape index (κ2) is 5.70. The van der Waals surface area contributed by atoms with Gasteiger partial charge in [-0.1, -0.05) is 11.6 Å². The molecule has 0 spiro atoms. The Morgan fingerprint density at radius 2 is 1.89 bits per heavy atom. The van der Waals surface area contributed by atoms with Gasteiger partial charge in [0.05, 0.1) is 6.04 Å². The topological polar surface area (TPSA) is 15.7 Å². The zero-order chi connectivity index (χ0) is 13.2. The van der Waals surface area contributed by atoms with Gasteiger partial charge >= 0.3 is 0 Å². The van der Waals surface area contributed by atoms with Crippen molar-refractivity contribution < 1.29 is 4.74 Å². The molecule has 19 heavy (non-hydrogen) atoms. The minimum Gasteiger partial charge on any atom is -0.487 e. The zero-order valence-electron chi connectivity index (χ0n) is 11.4. The van der Waals surface area contributed by atoms with Gasteiger partial charge < -0.3 is 9.64 Å². The molecule has 3 rings (SSSR count). The lowest BCUT2D eigenvalue weighted by atomic mass is 9.99. The van der Waals surface area contributed by atoms with Crippen LogP contribution in [0.5, 0.6) is 5.75 Å². The molecule has 0 bridgehead atoms. The zero-order valence-corrected chi connectivity index (χ0v) is 12.1. The summed E-state index contributed by atoms with van der Waals surface area (Å²) in [4.78, 5) is 4.94. The molecule has 2 heterocycles. The van der Waals surface area contributed by atoms with Crippen molar-refractivity contribution in [3.8, 4) is 5.75 Å². The number of likely N-dealkylation sites (N-methyl/N-ethyl adjacent to an activating group) is 1. The molecule has 3 nitrogen and oxygen atoms in total. The normalized spacial score (nSPS) is 28.3. The highest BCUT2D eigenvalue weighted by atomic mass is 35.5. The third-order valence-corrected chi connectivity index (χ3v) is 4.46. The van der Waals surface area contributed by atoms with Gasteiger partial charge in [-0.25, -0.2) is 0 Å². The lowest BCUT2D eigenvalue weighted by Crippen LogP contribution is -2.64. The van der Waals surface area contributed by atoms with E-state index in [0.29, 0.717) is 12.1 Å². The van der Waals surface area contributed by atoms with E-state index in [1.165, 1.54) is 25.9 Å². The Morgan fingerprint density at radius 3 is 2.53 bits per heavy atom. The molecule has 2 saturated heterocycles. The molecule has 0 aromatic heterocycles. The predicted octanol–water partition coefficient (Wildman–Crippen LogP) is 2.50. The van der Waals surface area contributed by atoms with Crippen molar-refractivity contribution in [2.45, 2.75) is 25.0 Å². The van der Waals surface area contributed by atoms with E-state index in [-0.39, 0.29) is 0 Å². The molecule has 0 N–H and O–H groups in total. The van der Waals surface area contributed by atoms with Crippen molar-refractivity contribution in [3.63, 3.8) is 0 Å². The Kier molecular flexibility index (Phi) is 3.96. The van der Waals surface area contributed by atoms with Gasteiger partial charge in [-0.2, -0.15) is 0 Å². The summed E-state index contributed by atoms with van der Waals surface area (Å²) < 4.78 is 6.07. The molecule has 2 atom stereocenters. The maximum atomic E-state index is 6.07. The van der Waals surface area contributed by atoms with Gasteiger partial charge in [-0.15, -0.1) is 0 Å². The maximum Gasteiger partial charge on any atom is 0.128 e. The highest BCUT2D eigenvalue weighted by molar-refractivity contribution is 6.30. The van der Waals surface area contributed by atoms with E-state index < -0.39 is 0 Å². The van der Waals surface area contributed by atoms with Crippen LogP contribution in [0.2, 0.25) is 5.02 Å². The van der Waals surface area contributed by atoms with Crippen LogP contribution in [0, 0.1) is 0 Å². The first-order valence-electron chi connectivity index (χ1n) is 7.07. The molecule has 104 valence electrons. The third kappa shape index (κ3) is 3.04. The summed E-state index contributed by atoms with van der Waals surface area (Å²) in [6.45, 7) is 4.64. The van der Waals surface area contributed by atoms with Crippen molar-refractivity contribution in [2.24, 2.45) is 0 Å². The molecule has 0 unspecified atom stereocenters. The Hall–Kier alpha value is -0.770. The van der Waals surface area contributed by atoms with Gasteiger partial charge in [-0.3, -0.25) is 4.90 Å². The van der Waals surface area contributed by atoms with Gasteiger partial charge in [-0.05, 0) is 57.2 Å². The molecule has 2 aliphatic rings. The molecule has 0 radical (unpaired) electrons. The van der Waals surface area contributed by atoms with Crippen LogP contribution in [0.3, 0.4) is 0 Å². The summed E-state index contributed by atoms with van der Waals surface area (Å²) in [5, 5.41) is 0.756. The Bertz CT molecular complexity index is 417. The van der Waals surface area contributed by atoms with Crippen LogP contribution >= 0.6 is 11.6 Å². The number of nitrogens with zero attached hydrogens (tertiary/aromatic N) is 2. The summed E-state index contributed by atoms with van der Waals surface area (Å²) in [5.74, 6) is 0.925. The first-order chi connectivity index (χ1) is 9.22. The van der Waals surface area contributed by atoms with Crippen molar-refractivity contribution in [1.29, 1.82) is 0 Å². The Balaban J connectivity index is 1.56. The van der Waals surface area contributed by atoms with Crippen LogP contribution in [-0.2, 0) is 0 Å². The molecule has 4 heteroatoms. The molecule has 1 aromatic rings. The Morgan fingerprint density at radius 1 is 1.21 bits per heavy atom. The predicted molar refractivity (Wildman–Crippen MR) is 78.0 cm³/mol. The monoisotopic (exact) mass is 280 g/mol. The van der Waals surface area contributed by atoms with Gasteiger partial charge in [0.2, 0.25) is 0 Å². The summed E-state index contributed by atoms with van der Waals surface area (Å²) in [7, 11) is 2.18. The van der Waals surface area contributed by atoms with Crippen molar-refractivity contribution in [3.05, 3.63) is 29.3 Å². The smallest absolute Gasteiger partial charge is 0.128 e. The molecule has 0 aliphatic carbocycles. The van der Waals surface area contributed by atoms with E-state index >= 15 is 0 Å². The summed E-state index contributed by atoms with van der Waals surface area (Å²) in [5.41, 5.74) is 0. The molecule has 2 fully saturated rings. The van der Waals surface area contributed by atoms with Crippen LogP contribution in [0.1, 0.15) is 12.8 Å². The van der Waals surface area contributed by atoms with E-state index in [1.54, 1.807) is 0 Å². The number of halogens is 1. The van der Waals surface area contributed by atoms with Crippen LogP contribution in [0.4, 0.5) is 0 Å². The van der Waals surface area contributed by atoms with E-state index in [2.05, 4.69) is 16.8 Å². The number of benzene rings is 1. The van der Waals surface area contributed by atoms with E-state index in [0.717, 1.165) is 23.9 Å². The van der Waals surface area contributed by atoms with Gasteiger partial charge in [0.15, 0.2) is 0 Å². The molecule has 0 saturated carbocycles. The average Bonchev–Trinajstić information content (AvgIpc) is 2.91. The van der Waals surface area contributed by atoms with E-state index in [4.69, 9.17) is 16.3 Å². The highest BCUT2D eigenvalue weighted by Crippen LogP contribution is 2.25. The summed E-state index contributed by atoms with van der Waals surface area (Å²) >= 11 is 5.89. The minimum absolute atomic E-state index is 0.312. The van der Waals surface area contributed by atoms with Gasteiger partial charge in [0.1, 0.15) is 11.9 Å². The van der Waals surface area contributed by atoms with E-state index in [9.17, 15) is 0 Å². The fourth-order valence-electron chi connectivity index (χ4n) is 2.98. The molecule has 0 amide bonds. The number of hydrogen-bond donors (Lipinski definition) is 0. The number of rotatable bonds is 4. The molecular weight excluding hydrogens is 260 g/mol. The second-order valence-corrected chi connectivity index (χ2v) is 6.06. The number of ether oxygens (including phenoxy) is 1. The number of likely N-dealkylation sites (tertiary alicyclic amines) is 2. The number of hydrogen-bond acceptors (Lipinski definition) is 3. The van der Waals surface area contributed by atoms with Crippen molar-refractivity contribution in [2.75, 3.05) is 33.2 Å². The van der Waals surface area contributed by atoms with Crippen molar-refractivity contribution >= 4 is 11.6 Å². The summed E-state index contributed by atoms with van der Waals surface area (Å²) in [6, 6.07) is 8.19. The quantitative estimate of drug-likeness (QED) is 0.843. The molecule has 1 aromatic carbocycles. The third-order valence-electron chi connectivity index (χ3n) is 4.21. The van der Waals surface area contributed by atoms with Crippen LogP contribution in [0.25, 0.3) is 0 Å². The fraction of sp³-hybridized carbons (Fsp3) is 0.600. The minimum atomic E-state index is 0.312. The average molecular weight is 281 g/mol. The highest BCUT2D eigenvalue weighted by Gasteiger charge is 2.39. The lowest BCUT2D eigenvalue weighted by Gasteiger charge is -2.46. The SMILES string of the molecule is CN1C[C@@H](Oc2ccc(Cl)cc2)[C@H]1CN1CCCC1. The fourth-order valence-corrected chi connectivity index (χ4v) is 3.10. The lowest BCUT2D eigenvalue weighted by molar-refractivity contribution is -0.0406.